The summed E-state index contributed by atoms with van der Waals surface area (Å²) in [7, 11) is -0.301. The number of rotatable bonds is 2. The third-order valence-electron chi connectivity index (χ3n) is 5.11. The Morgan fingerprint density at radius 1 is 1.05 bits per heavy atom. The van der Waals surface area contributed by atoms with Gasteiger partial charge in [-0.15, -0.1) is 0 Å². The second-order valence-corrected chi connectivity index (χ2v) is 7.09. The van der Waals surface area contributed by atoms with E-state index in [4.69, 9.17) is 9.31 Å². The van der Waals surface area contributed by atoms with Crippen LogP contribution in [0.3, 0.4) is 0 Å². The molecular weight excluding hydrogens is 249 g/mol. The standard InChI is InChI=1S/C16H24BNO2/c1-15(2)16(3,4)20-17(19-15)13-9-10-14(18-11-13)12-7-5-6-8-12/h9-12H,5-8H2,1-4H3. The first-order valence-corrected chi connectivity index (χ1v) is 7.70. The Labute approximate surface area is 122 Å². The third kappa shape index (κ3) is 2.40. The van der Waals surface area contributed by atoms with E-state index in [0.29, 0.717) is 5.92 Å². The molecule has 0 amide bonds. The van der Waals surface area contributed by atoms with Gasteiger partial charge in [0.15, 0.2) is 0 Å². The van der Waals surface area contributed by atoms with Gasteiger partial charge < -0.3 is 9.31 Å². The SMILES string of the molecule is CC1(C)OB(c2ccc(C3CCCC3)nc2)OC1(C)C. The van der Waals surface area contributed by atoms with Gasteiger partial charge in [-0.3, -0.25) is 4.98 Å². The van der Waals surface area contributed by atoms with Gasteiger partial charge in [-0.05, 0) is 46.6 Å². The zero-order chi connectivity index (χ0) is 14.4. The zero-order valence-corrected chi connectivity index (χ0v) is 13.0. The second-order valence-electron chi connectivity index (χ2n) is 7.09. The number of pyridine rings is 1. The topological polar surface area (TPSA) is 31.4 Å². The Balaban J connectivity index is 1.75. The molecule has 0 bridgehead atoms. The lowest BCUT2D eigenvalue weighted by atomic mass is 9.80. The fourth-order valence-electron chi connectivity index (χ4n) is 3.00. The quantitative estimate of drug-likeness (QED) is 0.776. The molecule has 1 aliphatic heterocycles. The van der Waals surface area contributed by atoms with E-state index in [1.165, 1.54) is 31.4 Å². The van der Waals surface area contributed by atoms with Gasteiger partial charge in [0.05, 0.1) is 11.2 Å². The number of aromatic nitrogens is 1. The molecule has 0 unspecified atom stereocenters. The van der Waals surface area contributed by atoms with Gasteiger partial charge in [0, 0.05) is 23.3 Å². The first-order chi connectivity index (χ1) is 9.39. The molecule has 0 radical (unpaired) electrons. The molecule has 4 heteroatoms. The smallest absolute Gasteiger partial charge is 0.399 e. The molecule has 2 heterocycles. The molecule has 1 aromatic rings. The lowest BCUT2D eigenvalue weighted by Crippen LogP contribution is -2.41. The van der Waals surface area contributed by atoms with Gasteiger partial charge in [-0.2, -0.15) is 0 Å². The number of hydrogen-bond acceptors (Lipinski definition) is 3. The molecule has 0 aromatic carbocycles. The fraction of sp³-hybridized carbons (Fsp3) is 0.688. The normalized spacial score (nSPS) is 25.3. The predicted molar refractivity (Wildman–Crippen MR) is 81.2 cm³/mol. The van der Waals surface area contributed by atoms with Crippen molar-refractivity contribution in [3.63, 3.8) is 0 Å². The van der Waals surface area contributed by atoms with Crippen LogP contribution in [0.2, 0.25) is 0 Å². The van der Waals surface area contributed by atoms with Crippen LogP contribution in [-0.2, 0) is 9.31 Å². The maximum Gasteiger partial charge on any atom is 0.496 e. The van der Waals surface area contributed by atoms with Gasteiger partial charge in [0.1, 0.15) is 0 Å². The molecule has 1 saturated carbocycles. The van der Waals surface area contributed by atoms with E-state index < -0.39 is 0 Å². The Bertz CT molecular complexity index is 462. The van der Waals surface area contributed by atoms with E-state index in [1.54, 1.807) is 0 Å². The largest absolute Gasteiger partial charge is 0.496 e. The highest BCUT2D eigenvalue weighted by Gasteiger charge is 2.51. The molecule has 20 heavy (non-hydrogen) atoms. The molecule has 3 rings (SSSR count). The van der Waals surface area contributed by atoms with Crippen molar-refractivity contribution >= 4 is 12.6 Å². The molecule has 0 N–H and O–H groups in total. The highest BCUT2D eigenvalue weighted by Crippen LogP contribution is 2.36. The van der Waals surface area contributed by atoms with Gasteiger partial charge in [0.2, 0.25) is 0 Å². The fourth-order valence-corrected chi connectivity index (χ4v) is 3.00. The van der Waals surface area contributed by atoms with Crippen molar-refractivity contribution in [3.05, 3.63) is 24.0 Å². The molecule has 1 aliphatic carbocycles. The van der Waals surface area contributed by atoms with Crippen molar-refractivity contribution in [2.24, 2.45) is 0 Å². The van der Waals surface area contributed by atoms with Crippen LogP contribution in [0, 0.1) is 0 Å². The third-order valence-corrected chi connectivity index (χ3v) is 5.11. The van der Waals surface area contributed by atoms with E-state index in [2.05, 4.69) is 44.8 Å². The summed E-state index contributed by atoms with van der Waals surface area (Å²) in [5.74, 6) is 0.655. The van der Waals surface area contributed by atoms with E-state index in [-0.39, 0.29) is 18.3 Å². The van der Waals surface area contributed by atoms with Crippen LogP contribution in [0.25, 0.3) is 0 Å². The van der Waals surface area contributed by atoms with E-state index in [1.807, 2.05) is 6.20 Å². The molecule has 0 spiro atoms. The predicted octanol–water partition coefficient (Wildman–Crippen LogP) is 3.04. The highest BCUT2D eigenvalue weighted by atomic mass is 16.7. The molecule has 2 aliphatic rings. The Hall–Kier alpha value is -0.865. The van der Waals surface area contributed by atoms with Gasteiger partial charge in [-0.1, -0.05) is 18.9 Å². The summed E-state index contributed by atoms with van der Waals surface area (Å²) < 4.78 is 12.1. The molecule has 2 fully saturated rings. The van der Waals surface area contributed by atoms with Crippen molar-refractivity contribution in [3.8, 4) is 0 Å². The van der Waals surface area contributed by atoms with E-state index in [9.17, 15) is 0 Å². The summed E-state index contributed by atoms with van der Waals surface area (Å²) in [6.07, 6.45) is 7.16. The zero-order valence-electron chi connectivity index (χ0n) is 13.0. The van der Waals surface area contributed by atoms with Crippen molar-refractivity contribution in [1.29, 1.82) is 0 Å². The molecule has 108 valence electrons. The van der Waals surface area contributed by atoms with E-state index in [0.717, 1.165) is 5.46 Å². The Kier molecular flexibility index (Phi) is 3.42. The van der Waals surface area contributed by atoms with Gasteiger partial charge >= 0.3 is 7.12 Å². The number of nitrogens with zero attached hydrogens (tertiary/aromatic N) is 1. The molecule has 1 saturated heterocycles. The van der Waals surface area contributed by atoms with Gasteiger partial charge in [0.25, 0.3) is 0 Å². The summed E-state index contributed by atoms with van der Waals surface area (Å²) in [4.78, 5) is 4.64. The summed E-state index contributed by atoms with van der Waals surface area (Å²) in [5, 5.41) is 0. The van der Waals surface area contributed by atoms with Crippen LogP contribution in [0.1, 0.15) is 65.0 Å². The highest BCUT2D eigenvalue weighted by molar-refractivity contribution is 6.62. The van der Waals surface area contributed by atoms with Crippen LogP contribution < -0.4 is 5.46 Å². The van der Waals surface area contributed by atoms with E-state index >= 15 is 0 Å². The second kappa shape index (κ2) is 4.85. The lowest BCUT2D eigenvalue weighted by molar-refractivity contribution is 0.00578. The van der Waals surface area contributed by atoms with Crippen molar-refractivity contribution < 1.29 is 9.31 Å². The average molecular weight is 273 g/mol. The first-order valence-electron chi connectivity index (χ1n) is 7.70. The minimum absolute atomic E-state index is 0.290. The van der Waals surface area contributed by atoms with Gasteiger partial charge in [-0.25, -0.2) is 0 Å². The van der Waals surface area contributed by atoms with Crippen LogP contribution in [0.15, 0.2) is 18.3 Å². The summed E-state index contributed by atoms with van der Waals surface area (Å²) in [6, 6.07) is 4.26. The Morgan fingerprint density at radius 2 is 1.65 bits per heavy atom. The summed E-state index contributed by atoms with van der Waals surface area (Å²) in [6.45, 7) is 8.31. The first kappa shape index (κ1) is 14.1. The van der Waals surface area contributed by atoms with Crippen molar-refractivity contribution in [2.75, 3.05) is 0 Å². The van der Waals surface area contributed by atoms with Crippen LogP contribution in [0.5, 0.6) is 0 Å². The average Bonchev–Trinajstić information content (AvgIpc) is 2.97. The summed E-state index contributed by atoms with van der Waals surface area (Å²) in [5.41, 5.74) is 1.66. The molecule has 0 atom stereocenters. The minimum atomic E-state index is -0.301. The minimum Gasteiger partial charge on any atom is -0.399 e. The van der Waals surface area contributed by atoms with Crippen LogP contribution in [-0.4, -0.2) is 23.3 Å². The Morgan fingerprint density at radius 3 is 2.15 bits per heavy atom. The van der Waals surface area contributed by atoms with Crippen molar-refractivity contribution in [2.45, 2.75) is 70.5 Å². The molecular formula is C16H24BNO2. The molecule has 1 aromatic heterocycles. The monoisotopic (exact) mass is 273 g/mol. The number of hydrogen-bond donors (Lipinski definition) is 0. The lowest BCUT2D eigenvalue weighted by Gasteiger charge is -2.32. The summed E-state index contributed by atoms with van der Waals surface area (Å²) >= 11 is 0. The van der Waals surface area contributed by atoms with Crippen molar-refractivity contribution in [1.82, 2.24) is 4.98 Å². The van der Waals surface area contributed by atoms with Crippen LogP contribution >= 0.6 is 0 Å². The maximum atomic E-state index is 6.05. The van der Waals surface area contributed by atoms with Crippen LogP contribution in [0.4, 0.5) is 0 Å². The maximum absolute atomic E-state index is 6.05. The molecule has 3 nitrogen and oxygen atoms in total.